The molecule has 0 amide bonds. The molecule has 0 rings (SSSR count). The third-order valence-electron chi connectivity index (χ3n) is 13.5. The number of hydrogen-bond donors (Lipinski definition) is 1. The Hall–Kier alpha value is -1.25. The van der Waals surface area contributed by atoms with Crippen molar-refractivity contribution in [1.29, 1.82) is 0 Å². The van der Waals surface area contributed by atoms with E-state index in [-0.39, 0.29) is 25.6 Å². The van der Waals surface area contributed by atoms with Crippen LogP contribution in [0.15, 0.2) is 12.2 Å². The van der Waals surface area contributed by atoms with Gasteiger partial charge in [0.05, 0.1) is 27.7 Å². The summed E-state index contributed by atoms with van der Waals surface area (Å²) in [4.78, 5) is 35.7. The van der Waals surface area contributed by atoms with Gasteiger partial charge in [-0.2, -0.15) is 0 Å². The Bertz CT molecular complexity index is 1180. The average molecular weight is 1000 g/mol. The Morgan fingerprint density at radius 2 is 0.739 bits per heavy atom. The van der Waals surface area contributed by atoms with E-state index in [4.69, 9.17) is 18.5 Å². The number of likely N-dealkylation sites (N-methyl/N-ethyl adjacent to an activating group) is 1. The molecule has 0 aromatic rings. The summed E-state index contributed by atoms with van der Waals surface area (Å²) >= 11 is 0. The van der Waals surface area contributed by atoms with Crippen LogP contribution < -0.4 is 0 Å². The highest BCUT2D eigenvalue weighted by Crippen LogP contribution is 2.43. The lowest BCUT2D eigenvalue weighted by molar-refractivity contribution is -0.870. The van der Waals surface area contributed by atoms with Crippen LogP contribution in [0.5, 0.6) is 0 Å². The van der Waals surface area contributed by atoms with Crippen molar-refractivity contribution in [2.45, 2.75) is 309 Å². The number of rotatable bonds is 56. The smallest absolute Gasteiger partial charge is 0.462 e. The molecule has 69 heavy (non-hydrogen) atoms. The van der Waals surface area contributed by atoms with Gasteiger partial charge in [-0.25, -0.2) is 4.57 Å². The van der Waals surface area contributed by atoms with Crippen LogP contribution in [-0.2, 0) is 32.7 Å². The summed E-state index contributed by atoms with van der Waals surface area (Å²) in [6.45, 7) is 4.49. The number of hydrogen-bond acceptors (Lipinski definition) is 7. The molecule has 0 saturated heterocycles. The molecule has 0 bridgehead atoms. The van der Waals surface area contributed by atoms with Crippen LogP contribution >= 0.6 is 7.82 Å². The summed E-state index contributed by atoms with van der Waals surface area (Å²) < 4.78 is 34.6. The summed E-state index contributed by atoms with van der Waals surface area (Å²) in [6, 6.07) is 0. The fourth-order valence-corrected chi connectivity index (χ4v) is 9.64. The van der Waals surface area contributed by atoms with Crippen molar-refractivity contribution >= 4 is 19.8 Å². The molecule has 2 atom stereocenters. The minimum Gasteiger partial charge on any atom is -0.462 e. The first-order valence-corrected chi connectivity index (χ1v) is 31.4. The average Bonchev–Trinajstić information content (AvgIpc) is 3.31. The van der Waals surface area contributed by atoms with E-state index in [1.54, 1.807) is 0 Å². The van der Waals surface area contributed by atoms with Crippen LogP contribution in [0.25, 0.3) is 0 Å². The number of unbranched alkanes of at least 4 members (excludes halogenated alkanes) is 40. The van der Waals surface area contributed by atoms with Crippen molar-refractivity contribution in [3.63, 3.8) is 0 Å². The lowest BCUT2D eigenvalue weighted by Gasteiger charge is -2.24. The molecule has 9 nitrogen and oxygen atoms in total. The molecule has 0 radical (unpaired) electrons. The van der Waals surface area contributed by atoms with Crippen LogP contribution in [-0.4, -0.2) is 74.9 Å². The second-order valence-corrected chi connectivity index (χ2v) is 23.2. The van der Waals surface area contributed by atoms with Crippen molar-refractivity contribution in [3.05, 3.63) is 12.2 Å². The third kappa shape index (κ3) is 55.9. The first-order chi connectivity index (χ1) is 33.5. The van der Waals surface area contributed by atoms with Crippen molar-refractivity contribution in [3.8, 4) is 0 Å². The van der Waals surface area contributed by atoms with Gasteiger partial charge < -0.3 is 18.9 Å². The molecule has 10 heteroatoms. The van der Waals surface area contributed by atoms with E-state index in [1.165, 1.54) is 238 Å². The molecule has 0 aliphatic heterocycles. The minimum atomic E-state index is -4.38. The van der Waals surface area contributed by atoms with Crippen LogP contribution in [0, 0.1) is 0 Å². The van der Waals surface area contributed by atoms with Gasteiger partial charge in [-0.05, 0) is 38.5 Å². The maximum Gasteiger partial charge on any atom is 0.472 e. The van der Waals surface area contributed by atoms with E-state index in [0.29, 0.717) is 23.9 Å². The van der Waals surface area contributed by atoms with E-state index in [2.05, 4.69) is 26.0 Å². The van der Waals surface area contributed by atoms with Crippen LogP contribution in [0.2, 0.25) is 0 Å². The zero-order valence-electron chi connectivity index (χ0n) is 46.6. The molecule has 0 aromatic carbocycles. The van der Waals surface area contributed by atoms with Gasteiger partial charge in [-0.1, -0.05) is 264 Å². The fourth-order valence-electron chi connectivity index (χ4n) is 8.90. The Morgan fingerprint density at radius 3 is 1.07 bits per heavy atom. The molecule has 2 unspecified atom stereocenters. The predicted molar refractivity (Wildman–Crippen MR) is 294 cm³/mol. The molecule has 0 saturated carbocycles. The molecule has 1 N–H and O–H groups in total. The summed E-state index contributed by atoms with van der Waals surface area (Å²) in [7, 11) is 1.49. The lowest BCUT2D eigenvalue weighted by atomic mass is 10.0. The first-order valence-electron chi connectivity index (χ1n) is 29.9. The van der Waals surface area contributed by atoms with Gasteiger partial charge in [0.2, 0.25) is 0 Å². The van der Waals surface area contributed by atoms with Gasteiger partial charge in [0.1, 0.15) is 19.8 Å². The number of ether oxygens (including phenoxy) is 2. The summed E-state index contributed by atoms with van der Waals surface area (Å²) in [5, 5.41) is 0. The molecule has 0 aromatic heterocycles. The third-order valence-corrected chi connectivity index (χ3v) is 14.5. The number of phosphoric acid groups is 1. The van der Waals surface area contributed by atoms with Crippen molar-refractivity contribution in [2.75, 3.05) is 47.5 Å². The SMILES string of the molecule is CCCCCCCCCC/C=C\CCCCCCCCCCCC(=O)OC(COC(=O)CCCCCCCCCCCCCCCCCCCCCCCCCC)COP(=O)(O)OCC[N+](C)(C)C. The number of quaternary nitrogens is 1. The second-order valence-electron chi connectivity index (χ2n) is 21.7. The topological polar surface area (TPSA) is 108 Å². The highest BCUT2D eigenvalue weighted by molar-refractivity contribution is 7.47. The van der Waals surface area contributed by atoms with Gasteiger partial charge in [0.25, 0.3) is 0 Å². The largest absolute Gasteiger partial charge is 0.472 e. The molecule has 0 spiro atoms. The van der Waals surface area contributed by atoms with Gasteiger partial charge in [0.15, 0.2) is 6.10 Å². The maximum absolute atomic E-state index is 12.8. The van der Waals surface area contributed by atoms with Gasteiger partial charge in [0, 0.05) is 12.8 Å². The molecule has 0 aliphatic rings. The Balaban J connectivity index is 4.10. The van der Waals surface area contributed by atoms with Crippen LogP contribution in [0.4, 0.5) is 0 Å². The van der Waals surface area contributed by atoms with Crippen molar-refractivity contribution in [1.82, 2.24) is 0 Å². The van der Waals surface area contributed by atoms with Gasteiger partial charge in [-0.3, -0.25) is 18.6 Å². The molecule has 410 valence electrons. The predicted octanol–water partition coefficient (Wildman–Crippen LogP) is 18.4. The number of carbonyl (C=O) groups excluding carboxylic acids is 2. The minimum absolute atomic E-state index is 0.0351. The Labute approximate surface area is 428 Å². The van der Waals surface area contributed by atoms with E-state index in [0.717, 1.165) is 32.1 Å². The number of nitrogens with zero attached hydrogens (tertiary/aromatic N) is 1. The standard InChI is InChI=1S/C59H116NO8P/c1-6-8-10-12-14-16-18-20-22-24-26-28-29-30-32-33-35-37-39-41-43-45-47-49-51-58(61)65-55-57(56-67-69(63,64)66-54-53-60(3,4)5)68-59(62)52-50-48-46-44-42-40-38-36-34-31-27-25-23-21-19-17-15-13-11-9-7-2/h25,27,57H,6-24,26,28-56H2,1-5H3/p+1/b27-25-. The molecule has 0 heterocycles. The van der Waals surface area contributed by atoms with Gasteiger partial charge >= 0.3 is 19.8 Å². The Morgan fingerprint density at radius 1 is 0.435 bits per heavy atom. The quantitative estimate of drug-likeness (QED) is 0.0211. The maximum atomic E-state index is 12.8. The Kier molecular flexibility index (Phi) is 50.7. The highest BCUT2D eigenvalue weighted by atomic mass is 31.2. The molecule has 0 fully saturated rings. The monoisotopic (exact) mass is 999 g/mol. The fraction of sp³-hybridized carbons (Fsp3) is 0.932. The normalized spacial score (nSPS) is 13.3. The van der Waals surface area contributed by atoms with Crippen molar-refractivity contribution < 1.29 is 42.1 Å². The summed E-state index contributed by atoms with van der Waals surface area (Å²) in [6.07, 6.45) is 60.0. The number of allylic oxidation sites excluding steroid dienone is 2. The highest BCUT2D eigenvalue weighted by Gasteiger charge is 2.27. The zero-order chi connectivity index (χ0) is 50.6. The molecular formula is C59H117NO8P+. The van der Waals surface area contributed by atoms with Gasteiger partial charge in [-0.15, -0.1) is 0 Å². The summed E-state index contributed by atoms with van der Waals surface area (Å²) in [5.41, 5.74) is 0. The lowest BCUT2D eigenvalue weighted by Crippen LogP contribution is -2.37. The van der Waals surface area contributed by atoms with Crippen LogP contribution in [0.1, 0.15) is 303 Å². The van der Waals surface area contributed by atoms with Crippen molar-refractivity contribution in [2.24, 2.45) is 0 Å². The zero-order valence-corrected chi connectivity index (χ0v) is 47.5. The van der Waals surface area contributed by atoms with E-state index in [9.17, 15) is 19.0 Å². The molecule has 0 aliphatic carbocycles. The molecular weight excluding hydrogens is 882 g/mol. The number of carbonyl (C=O) groups is 2. The van der Waals surface area contributed by atoms with E-state index < -0.39 is 26.5 Å². The second kappa shape index (κ2) is 51.6. The number of esters is 2. The van der Waals surface area contributed by atoms with Crippen LogP contribution in [0.3, 0.4) is 0 Å². The number of phosphoric ester groups is 1. The van der Waals surface area contributed by atoms with E-state index >= 15 is 0 Å². The van der Waals surface area contributed by atoms with E-state index in [1.807, 2.05) is 21.1 Å². The first kappa shape index (κ1) is 67.8. The summed E-state index contributed by atoms with van der Waals surface area (Å²) in [5.74, 6) is -0.780.